The summed E-state index contributed by atoms with van der Waals surface area (Å²) in [5.74, 6) is -0.490. The van der Waals surface area contributed by atoms with Crippen molar-refractivity contribution in [1.29, 1.82) is 0 Å². The monoisotopic (exact) mass is 179 g/mol. The van der Waals surface area contributed by atoms with Crippen LogP contribution in [0.4, 0.5) is 5.95 Å². The lowest BCUT2D eigenvalue weighted by Crippen LogP contribution is -2.38. The van der Waals surface area contributed by atoms with Crippen LogP contribution in [0.3, 0.4) is 0 Å². The Labute approximate surface area is 75.0 Å². The normalized spacial score (nSPS) is 15.2. The van der Waals surface area contributed by atoms with E-state index in [1.54, 1.807) is 0 Å². The van der Waals surface area contributed by atoms with Crippen molar-refractivity contribution in [3.63, 3.8) is 0 Å². The highest BCUT2D eigenvalue weighted by atomic mass is 16.4. The Morgan fingerprint density at radius 2 is 2.31 bits per heavy atom. The minimum absolute atomic E-state index is 0.0527. The average Bonchev–Trinajstić information content (AvgIpc) is 2.01. The van der Waals surface area contributed by atoms with Crippen LogP contribution in [0.5, 0.6) is 0 Å². The van der Waals surface area contributed by atoms with E-state index in [0.717, 1.165) is 19.5 Å². The molecule has 2 rings (SSSR count). The molecule has 1 aromatic heterocycles. The van der Waals surface area contributed by atoms with Gasteiger partial charge in [0, 0.05) is 19.3 Å². The van der Waals surface area contributed by atoms with Crippen LogP contribution in [-0.2, 0) is 0 Å². The molecule has 1 aliphatic rings. The van der Waals surface area contributed by atoms with Crippen molar-refractivity contribution in [3.05, 3.63) is 18.0 Å². The summed E-state index contributed by atoms with van der Waals surface area (Å²) in [7, 11) is 0. The van der Waals surface area contributed by atoms with Gasteiger partial charge in [0.25, 0.3) is 0 Å². The van der Waals surface area contributed by atoms with Gasteiger partial charge in [-0.2, -0.15) is 0 Å². The zero-order valence-corrected chi connectivity index (χ0v) is 6.97. The quantitative estimate of drug-likeness (QED) is 0.711. The maximum Gasteiger partial charge on any atom is 0.354 e. The highest BCUT2D eigenvalue weighted by molar-refractivity contribution is 5.85. The third-order valence-corrected chi connectivity index (χ3v) is 2.00. The summed E-state index contributed by atoms with van der Waals surface area (Å²) >= 11 is 0. The number of carbonyl (C=O) groups is 1. The summed E-state index contributed by atoms with van der Waals surface area (Å²) in [6, 6.07) is 1.39. The van der Waals surface area contributed by atoms with Crippen molar-refractivity contribution < 1.29 is 9.90 Å². The number of carboxylic acid groups (broad SMARTS) is 1. The summed E-state index contributed by atoms with van der Waals surface area (Å²) < 4.78 is 0. The molecule has 0 spiro atoms. The zero-order valence-electron chi connectivity index (χ0n) is 6.97. The summed E-state index contributed by atoms with van der Waals surface area (Å²) in [5.41, 5.74) is 0.0527. The van der Waals surface area contributed by atoms with E-state index < -0.39 is 5.97 Å². The first-order chi connectivity index (χ1) is 6.27. The highest BCUT2D eigenvalue weighted by Crippen LogP contribution is 2.14. The van der Waals surface area contributed by atoms with Crippen LogP contribution in [0.1, 0.15) is 16.9 Å². The van der Waals surface area contributed by atoms with Crippen LogP contribution >= 0.6 is 0 Å². The standard InChI is InChI=1S/C8H9N3O2/c12-7(13)6-2-3-9-8(10-6)11-4-1-5-11/h2-3H,1,4-5H2,(H,12,13). The van der Waals surface area contributed by atoms with Crippen LogP contribution in [0.25, 0.3) is 0 Å². The molecular weight excluding hydrogens is 170 g/mol. The second-order valence-corrected chi connectivity index (χ2v) is 2.89. The number of nitrogens with zero attached hydrogens (tertiary/aromatic N) is 3. The summed E-state index contributed by atoms with van der Waals surface area (Å²) in [4.78, 5) is 20.4. The van der Waals surface area contributed by atoms with Gasteiger partial charge in [-0.15, -0.1) is 0 Å². The Hall–Kier alpha value is -1.65. The molecule has 0 radical (unpaired) electrons. The molecule has 13 heavy (non-hydrogen) atoms. The average molecular weight is 179 g/mol. The molecule has 0 unspecified atom stereocenters. The molecule has 68 valence electrons. The molecular formula is C8H9N3O2. The molecule has 2 heterocycles. The number of rotatable bonds is 2. The second-order valence-electron chi connectivity index (χ2n) is 2.89. The van der Waals surface area contributed by atoms with Gasteiger partial charge in [-0.1, -0.05) is 0 Å². The first kappa shape index (κ1) is 7.97. The minimum atomic E-state index is -1.01. The maximum atomic E-state index is 10.6. The minimum Gasteiger partial charge on any atom is -0.477 e. The van der Waals surface area contributed by atoms with Crippen LogP contribution in [0.2, 0.25) is 0 Å². The Balaban J connectivity index is 2.26. The summed E-state index contributed by atoms with van der Waals surface area (Å²) in [5, 5.41) is 8.67. The third kappa shape index (κ3) is 1.44. The van der Waals surface area contributed by atoms with Gasteiger partial charge in [0.1, 0.15) is 0 Å². The van der Waals surface area contributed by atoms with E-state index in [9.17, 15) is 4.79 Å². The Bertz CT molecular complexity index is 336. The SMILES string of the molecule is O=C(O)c1ccnc(N2CCC2)n1. The number of anilines is 1. The van der Waals surface area contributed by atoms with Gasteiger partial charge < -0.3 is 10.0 Å². The fraction of sp³-hybridized carbons (Fsp3) is 0.375. The third-order valence-electron chi connectivity index (χ3n) is 2.00. The van der Waals surface area contributed by atoms with Crippen molar-refractivity contribution in [2.75, 3.05) is 18.0 Å². The molecule has 0 bridgehead atoms. The number of carboxylic acids is 1. The lowest BCUT2D eigenvalue weighted by Gasteiger charge is -2.30. The van der Waals surface area contributed by atoms with Crippen LogP contribution in [0.15, 0.2) is 12.3 Å². The van der Waals surface area contributed by atoms with Gasteiger partial charge in [-0.25, -0.2) is 14.8 Å². The smallest absolute Gasteiger partial charge is 0.354 e. The predicted octanol–water partition coefficient (Wildman–Crippen LogP) is 0.385. The highest BCUT2D eigenvalue weighted by Gasteiger charge is 2.18. The molecule has 1 N–H and O–H groups in total. The van der Waals surface area contributed by atoms with E-state index >= 15 is 0 Å². The van der Waals surface area contributed by atoms with Crippen LogP contribution in [0, 0.1) is 0 Å². The van der Waals surface area contributed by atoms with Gasteiger partial charge >= 0.3 is 5.97 Å². The summed E-state index contributed by atoms with van der Waals surface area (Å²) in [6.07, 6.45) is 2.60. The molecule has 0 atom stereocenters. The molecule has 5 nitrogen and oxygen atoms in total. The Morgan fingerprint density at radius 1 is 1.54 bits per heavy atom. The number of aromatic nitrogens is 2. The molecule has 5 heteroatoms. The molecule has 1 aliphatic heterocycles. The van der Waals surface area contributed by atoms with E-state index in [1.165, 1.54) is 12.3 Å². The maximum absolute atomic E-state index is 10.6. The fourth-order valence-corrected chi connectivity index (χ4v) is 1.14. The molecule has 0 saturated carbocycles. The molecule has 1 saturated heterocycles. The molecule has 0 amide bonds. The zero-order chi connectivity index (χ0) is 9.26. The molecule has 0 aliphatic carbocycles. The van der Waals surface area contributed by atoms with E-state index in [4.69, 9.17) is 5.11 Å². The van der Waals surface area contributed by atoms with Crippen LogP contribution in [-0.4, -0.2) is 34.1 Å². The fourth-order valence-electron chi connectivity index (χ4n) is 1.14. The Kier molecular flexibility index (Phi) is 1.84. The van der Waals surface area contributed by atoms with Crippen molar-refractivity contribution in [3.8, 4) is 0 Å². The van der Waals surface area contributed by atoms with Gasteiger partial charge in [0.15, 0.2) is 5.69 Å². The van der Waals surface area contributed by atoms with Gasteiger partial charge in [0.05, 0.1) is 0 Å². The largest absolute Gasteiger partial charge is 0.477 e. The molecule has 1 aromatic rings. The second kappa shape index (κ2) is 3.01. The lowest BCUT2D eigenvalue weighted by atomic mass is 10.2. The van der Waals surface area contributed by atoms with Crippen molar-refractivity contribution in [2.24, 2.45) is 0 Å². The first-order valence-electron chi connectivity index (χ1n) is 4.08. The van der Waals surface area contributed by atoms with Gasteiger partial charge in [-0.3, -0.25) is 0 Å². The predicted molar refractivity (Wildman–Crippen MR) is 45.8 cm³/mol. The molecule has 0 aromatic carbocycles. The van der Waals surface area contributed by atoms with Crippen LogP contribution < -0.4 is 4.90 Å². The van der Waals surface area contributed by atoms with Crippen molar-refractivity contribution in [1.82, 2.24) is 9.97 Å². The Morgan fingerprint density at radius 3 is 2.85 bits per heavy atom. The van der Waals surface area contributed by atoms with E-state index in [1.807, 2.05) is 4.90 Å². The van der Waals surface area contributed by atoms with E-state index in [0.29, 0.717) is 5.95 Å². The number of aromatic carboxylic acids is 1. The summed E-state index contributed by atoms with van der Waals surface area (Å²) in [6.45, 7) is 1.84. The lowest BCUT2D eigenvalue weighted by molar-refractivity contribution is 0.0690. The van der Waals surface area contributed by atoms with Gasteiger partial charge in [-0.05, 0) is 12.5 Å². The molecule has 1 fully saturated rings. The van der Waals surface area contributed by atoms with Gasteiger partial charge in [0.2, 0.25) is 5.95 Å². The number of hydrogen-bond acceptors (Lipinski definition) is 4. The topological polar surface area (TPSA) is 66.3 Å². The van der Waals surface area contributed by atoms with E-state index in [-0.39, 0.29) is 5.69 Å². The van der Waals surface area contributed by atoms with Crippen molar-refractivity contribution >= 4 is 11.9 Å². The first-order valence-corrected chi connectivity index (χ1v) is 4.08. The number of hydrogen-bond donors (Lipinski definition) is 1. The van der Waals surface area contributed by atoms with E-state index in [2.05, 4.69) is 9.97 Å². The van der Waals surface area contributed by atoms with Crippen molar-refractivity contribution in [2.45, 2.75) is 6.42 Å².